The van der Waals surface area contributed by atoms with E-state index in [4.69, 9.17) is 10.9 Å². The largest absolute Gasteiger partial charge is 0.409 e. The van der Waals surface area contributed by atoms with Crippen LogP contribution in [-0.4, -0.2) is 23.6 Å². The molecule has 1 aromatic carbocycles. The second-order valence-corrected chi connectivity index (χ2v) is 6.68. The molecular formula is C17H27N3O. The van der Waals surface area contributed by atoms with Gasteiger partial charge in [-0.15, -0.1) is 0 Å². The lowest BCUT2D eigenvalue weighted by Crippen LogP contribution is -2.39. The van der Waals surface area contributed by atoms with Crippen molar-refractivity contribution >= 4 is 11.5 Å². The van der Waals surface area contributed by atoms with Crippen molar-refractivity contribution in [2.75, 3.05) is 11.4 Å². The molecule has 0 saturated heterocycles. The number of benzene rings is 1. The molecule has 4 nitrogen and oxygen atoms in total. The van der Waals surface area contributed by atoms with Crippen molar-refractivity contribution in [1.82, 2.24) is 0 Å². The molecular weight excluding hydrogens is 262 g/mol. The summed E-state index contributed by atoms with van der Waals surface area (Å²) in [5, 5.41) is 12.0. The molecule has 4 heteroatoms. The minimum Gasteiger partial charge on any atom is -0.409 e. The van der Waals surface area contributed by atoms with Crippen LogP contribution < -0.4 is 10.6 Å². The van der Waals surface area contributed by atoms with Gasteiger partial charge in [-0.3, -0.25) is 0 Å². The number of amidine groups is 1. The number of hydrogen-bond acceptors (Lipinski definition) is 3. The summed E-state index contributed by atoms with van der Waals surface area (Å²) in [6, 6.07) is 9.26. The minimum atomic E-state index is -0.257. The van der Waals surface area contributed by atoms with Crippen LogP contribution in [-0.2, 0) is 6.42 Å². The molecule has 2 rings (SSSR count). The Morgan fingerprint density at radius 2 is 2.14 bits per heavy atom. The number of hydrogen-bond donors (Lipinski definition) is 2. The first-order valence-corrected chi connectivity index (χ1v) is 7.78. The fraction of sp³-hybridized carbons (Fsp3) is 0.588. The molecule has 1 atom stereocenters. The first kappa shape index (κ1) is 15.7. The third-order valence-corrected chi connectivity index (χ3v) is 4.67. The van der Waals surface area contributed by atoms with Crippen molar-refractivity contribution < 1.29 is 5.21 Å². The average molecular weight is 289 g/mol. The zero-order valence-corrected chi connectivity index (χ0v) is 13.3. The molecule has 0 fully saturated rings. The molecule has 0 aliphatic carbocycles. The highest BCUT2D eigenvalue weighted by atomic mass is 16.4. The number of oxime groups is 1. The van der Waals surface area contributed by atoms with Crippen LogP contribution in [0.25, 0.3) is 0 Å². The summed E-state index contributed by atoms with van der Waals surface area (Å²) in [5.41, 5.74) is 8.33. The molecule has 116 valence electrons. The summed E-state index contributed by atoms with van der Waals surface area (Å²) in [4.78, 5) is 2.50. The van der Waals surface area contributed by atoms with E-state index in [1.165, 1.54) is 24.1 Å². The maximum absolute atomic E-state index is 8.84. The van der Waals surface area contributed by atoms with Crippen molar-refractivity contribution in [3.8, 4) is 0 Å². The molecule has 1 aliphatic heterocycles. The van der Waals surface area contributed by atoms with Gasteiger partial charge >= 0.3 is 0 Å². The number of nitrogens with zero attached hydrogens (tertiary/aromatic N) is 2. The first-order chi connectivity index (χ1) is 9.95. The van der Waals surface area contributed by atoms with E-state index in [1.807, 2.05) is 13.8 Å². The van der Waals surface area contributed by atoms with Crippen molar-refractivity contribution in [3.63, 3.8) is 0 Å². The van der Waals surface area contributed by atoms with Crippen LogP contribution in [0.2, 0.25) is 0 Å². The molecule has 1 unspecified atom stereocenters. The van der Waals surface area contributed by atoms with Crippen molar-refractivity contribution in [1.29, 1.82) is 0 Å². The van der Waals surface area contributed by atoms with Crippen LogP contribution in [0.4, 0.5) is 5.69 Å². The van der Waals surface area contributed by atoms with E-state index in [0.717, 1.165) is 19.4 Å². The SMILES string of the molecule is CC1CCc2ccccc2N1CCCC(C)(C)C(N)=NO. The van der Waals surface area contributed by atoms with Crippen LogP contribution >= 0.6 is 0 Å². The molecule has 0 aromatic heterocycles. The molecule has 21 heavy (non-hydrogen) atoms. The highest BCUT2D eigenvalue weighted by Crippen LogP contribution is 2.31. The van der Waals surface area contributed by atoms with E-state index in [1.54, 1.807) is 0 Å². The van der Waals surface area contributed by atoms with Crippen molar-refractivity contribution in [2.45, 2.75) is 52.5 Å². The fourth-order valence-corrected chi connectivity index (χ4v) is 3.06. The summed E-state index contributed by atoms with van der Waals surface area (Å²) in [6.07, 6.45) is 4.32. The van der Waals surface area contributed by atoms with Gasteiger partial charge in [0, 0.05) is 23.7 Å². The van der Waals surface area contributed by atoms with Crippen LogP contribution in [0.15, 0.2) is 29.4 Å². The lowest BCUT2D eigenvalue weighted by atomic mass is 9.86. The number of fused-ring (bicyclic) bond motifs is 1. The van der Waals surface area contributed by atoms with Gasteiger partial charge in [-0.25, -0.2) is 0 Å². The fourth-order valence-electron chi connectivity index (χ4n) is 3.06. The summed E-state index contributed by atoms with van der Waals surface area (Å²) in [7, 11) is 0. The van der Waals surface area contributed by atoms with Gasteiger partial charge in [0.1, 0.15) is 5.84 Å². The maximum atomic E-state index is 8.84. The third-order valence-electron chi connectivity index (χ3n) is 4.67. The number of nitrogens with two attached hydrogens (primary N) is 1. The van der Waals surface area contributed by atoms with E-state index < -0.39 is 0 Å². The summed E-state index contributed by atoms with van der Waals surface area (Å²) in [6.45, 7) is 7.36. The molecule has 1 aliphatic rings. The Bertz CT molecular complexity index is 511. The van der Waals surface area contributed by atoms with E-state index in [2.05, 4.69) is 41.2 Å². The maximum Gasteiger partial charge on any atom is 0.144 e. The Balaban J connectivity index is 2.00. The van der Waals surface area contributed by atoms with Gasteiger partial charge in [-0.05, 0) is 44.2 Å². The predicted molar refractivity (Wildman–Crippen MR) is 88.0 cm³/mol. The van der Waals surface area contributed by atoms with E-state index in [-0.39, 0.29) is 5.41 Å². The molecule has 1 heterocycles. The van der Waals surface area contributed by atoms with E-state index in [0.29, 0.717) is 11.9 Å². The topological polar surface area (TPSA) is 61.8 Å². The van der Waals surface area contributed by atoms with Gasteiger partial charge in [0.15, 0.2) is 0 Å². The zero-order chi connectivity index (χ0) is 15.5. The van der Waals surface area contributed by atoms with Crippen LogP contribution in [0.3, 0.4) is 0 Å². The molecule has 0 bridgehead atoms. The van der Waals surface area contributed by atoms with Crippen LogP contribution in [0.5, 0.6) is 0 Å². The predicted octanol–water partition coefficient (Wildman–Crippen LogP) is 3.38. The van der Waals surface area contributed by atoms with Gasteiger partial charge in [0.2, 0.25) is 0 Å². The van der Waals surface area contributed by atoms with E-state index in [9.17, 15) is 0 Å². The number of para-hydroxylation sites is 1. The second-order valence-electron chi connectivity index (χ2n) is 6.68. The van der Waals surface area contributed by atoms with E-state index >= 15 is 0 Å². The first-order valence-electron chi connectivity index (χ1n) is 7.78. The van der Waals surface area contributed by atoms with Gasteiger partial charge in [0.05, 0.1) is 0 Å². The Kier molecular flexibility index (Phi) is 4.76. The number of aryl methyl sites for hydroxylation is 1. The molecule has 0 amide bonds. The number of rotatable bonds is 5. The summed E-state index contributed by atoms with van der Waals surface area (Å²) < 4.78 is 0. The third kappa shape index (κ3) is 3.49. The van der Waals surface area contributed by atoms with Gasteiger partial charge < -0.3 is 15.8 Å². The molecule has 0 spiro atoms. The van der Waals surface area contributed by atoms with Crippen molar-refractivity contribution in [3.05, 3.63) is 29.8 Å². The van der Waals surface area contributed by atoms with Gasteiger partial charge in [-0.2, -0.15) is 0 Å². The highest BCUT2D eigenvalue weighted by Gasteiger charge is 2.26. The smallest absolute Gasteiger partial charge is 0.144 e. The quantitative estimate of drug-likeness (QED) is 0.378. The van der Waals surface area contributed by atoms with Gasteiger partial charge in [0.25, 0.3) is 0 Å². The lowest BCUT2D eigenvalue weighted by molar-refractivity contribution is 0.304. The Labute approximate surface area is 127 Å². The minimum absolute atomic E-state index is 0.257. The molecule has 3 N–H and O–H groups in total. The average Bonchev–Trinajstić information content (AvgIpc) is 2.48. The van der Waals surface area contributed by atoms with Gasteiger partial charge in [-0.1, -0.05) is 37.2 Å². The van der Waals surface area contributed by atoms with Crippen LogP contribution in [0, 0.1) is 5.41 Å². The molecule has 0 radical (unpaired) electrons. The highest BCUT2D eigenvalue weighted by molar-refractivity contribution is 5.85. The molecule has 1 aromatic rings. The second kappa shape index (κ2) is 6.37. The summed E-state index contributed by atoms with van der Waals surface area (Å²) >= 11 is 0. The normalized spacial score (nSPS) is 19.5. The monoisotopic (exact) mass is 289 g/mol. The summed E-state index contributed by atoms with van der Waals surface area (Å²) in [5.74, 6) is 0.314. The molecule has 0 saturated carbocycles. The van der Waals surface area contributed by atoms with Crippen LogP contribution in [0.1, 0.15) is 45.6 Å². The lowest BCUT2D eigenvalue weighted by Gasteiger charge is -2.38. The number of anilines is 1. The standard InChI is InChI=1S/C17H27N3O/c1-13-9-10-14-7-4-5-8-15(14)20(13)12-6-11-17(2,3)16(18)19-21/h4-5,7-8,13,21H,6,9-12H2,1-3H3,(H2,18,19). The Morgan fingerprint density at radius 3 is 2.86 bits per heavy atom. The van der Waals surface area contributed by atoms with Crippen molar-refractivity contribution in [2.24, 2.45) is 16.3 Å². The Hall–Kier alpha value is -1.71. The Morgan fingerprint density at radius 1 is 1.43 bits per heavy atom. The zero-order valence-electron chi connectivity index (χ0n) is 13.3.